The monoisotopic (exact) mass is 324 g/mol. The number of furan rings is 1. The summed E-state index contributed by atoms with van der Waals surface area (Å²) in [7, 11) is -3.90. The van der Waals surface area contributed by atoms with Crippen LogP contribution in [0.1, 0.15) is 11.1 Å². The van der Waals surface area contributed by atoms with Crippen molar-refractivity contribution in [2.24, 2.45) is 5.14 Å². The normalized spacial score (nSPS) is 11.7. The Morgan fingerprint density at radius 3 is 2.36 bits per heavy atom. The van der Waals surface area contributed by atoms with Crippen molar-refractivity contribution in [3.05, 3.63) is 53.8 Å². The molecule has 7 nitrogen and oxygen atoms in total. The molecule has 1 aromatic heterocycles. The Balaban J connectivity index is 2.13. The van der Waals surface area contributed by atoms with Gasteiger partial charge >= 0.3 is 5.97 Å². The van der Waals surface area contributed by atoms with Crippen LogP contribution in [0.2, 0.25) is 0 Å². The molecule has 0 saturated heterocycles. The fraction of sp³-hybridized carbons (Fsp3) is 0.214. The van der Waals surface area contributed by atoms with Gasteiger partial charge in [-0.3, -0.25) is 9.69 Å². The Kier molecular flexibility index (Phi) is 4.96. The molecule has 0 aliphatic rings. The Hall–Kier alpha value is -2.16. The van der Waals surface area contributed by atoms with Crippen molar-refractivity contribution in [3.63, 3.8) is 0 Å². The molecule has 2 aromatic rings. The first-order valence-corrected chi connectivity index (χ1v) is 7.97. The van der Waals surface area contributed by atoms with Gasteiger partial charge in [-0.2, -0.15) is 0 Å². The summed E-state index contributed by atoms with van der Waals surface area (Å²) in [5, 5.41) is 13.6. The number of hydrogen-bond donors (Lipinski definition) is 2. The molecule has 2 rings (SSSR count). The van der Waals surface area contributed by atoms with E-state index < -0.39 is 16.0 Å². The van der Waals surface area contributed by atoms with E-state index in [0.29, 0.717) is 12.1 Å². The van der Waals surface area contributed by atoms with Gasteiger partial charge in [0.15, 0.2) is 0 Å². The number of aliphatic carboxylic acids is 1. The second kappa shape index (κ2) is 6.73. The molecule has 0 amide bonds. The predicted molar refractivity (Wildman–Crippen MR) is 78.3 cm³/mol. The summed E-state index contributed by atoms with van der Waals surface area (Å²) in [4.78, 5) is 12.6. The summed E-state index contributed by atoms with van der Waals surface area (Å²) < 4.78 is 27.3. The number of benzene rings is 1. The zero-order chi connectivity index (χ0) is 16.2. The van der Waals surface area contributed by atoms with Crippen molar-refractivity contribution in [2.75, 3.05) is 6.54 Å². The number of carboxylic acids is 1. The summed E-state index contributed by atoms with van der Waals surface area (Å²) in [5.74, 6) is -0.967. The van der Waals surface area contributed by atoms with Crippen molar-refractivity contribution in [2.45, 2.75) is 18.2 Å². The molecular formula is C14H16N2O5S. The Morgan fingerprint density at radius 1 is 1.18 bits per heavy atom. The van der Waals surface area contributed by atoms with Crippen LogP contribution in [0.3, 0.4) is 0 Å². The highest BCUT2D eigenvalue weighted by Gasteiger charge is 2.16. The van der Waals surface area contributed by atoms with Gasteiger partial charge in [0, 0.05) is 24.7 Å². The second-order valence-corrected chi connectivity index (χ2v) is 6.34. The van der Waals surface area contributed by atoms with E-state index in [2.05, 4.69) is 0 Å². The third kappa shape index (κ3) is 4.69. The number of primary sulfonamides is 1. The third-order valence-corrected chi connectivity index (χ3v) is 3.70. The minimum Gasteiger partial charge on any atom is -0.480 e. The molecule has 0 radical (unpaired) electrons. The van der Waals surface area contributed by atoms with Crippen molar-refractivity contribution < 1.29 is 22.7 Å². The average molecular weight is 324 g/mol. The van der Waals surface area contributed by atoms with Crippen LogP contribution in [0.5, 0.6) is 0 Å². The first kappa shape index (κ1) is 16.2. The van der Waals surface area contributed by atoms with E-state index in [9.17, 15) is 13.2 Å². The molecule has 0 aliphatic carbocycles. The summed E-state index contributed by atoms with van der Waals surface area (Å²) in [6.45, 7) is 0.480. The molecule has 1 heterocycles. The molecule has 0 bridgehead atoms. The van der Waals surface area contributed by atoms with Crippen LogP contribution >= 0.6 is 0 Å². The van der Waals surface area contributed by atoms with Crippen LogP contribution in [-0.2, 0) is 27.9 Å². The van der Waals surface area contributed by atoms with E-state index in [0.717, 1.165) is 5.56 Å². The highest BCUT2D eigenvalue weighted by atomic mass is 32.2. The van der Waals surface area contributed by atoms with Crippen LogP contribution < -0.4 is 5.14 Å². The lowest BCUT2D eigenvalue weighted by Gasteiger charge is -2.19. The Bertz CT molecular complexity index is 740. The summed E-state index contributed by atoms with van der Waals surface area (Å²) in [5.41, 5.74) is 1.50. The van der Waals surface area contributed by atoms with E-state index in [1.165, 1.54) is 12.3 Å². The first-order valence-electron chi connectivity index (χ1n) is 6.43. The van der Waals surface area contributed by atoms with E-state index in [1.54, 1.807) is 4.90 Å². The van der Waals surface area contributed by atoms with E-state index >= 15 is 0 Å². The van der Waals surface area contributed by atoms with E-state index in [1.807, 2.05) is 30.3 Å². The summed E-state index contributed by atoms with van der Waals surface area (Å²) in [6, 6.07) is 10.7. The topological polar surface area (TPSA) is 114 Å². The highest BCUT2D eigenvalue weighted by molar-refractivity contribution is 7.89. The molecule has 0 aliphatic heterocycles. The minimum absolute atomic E-state index is 0.176. The fourth-order valence-electron chi connectivity index (χ4n) is 2.04. The van der Waals surface area contributed by atoms with Crippen LogP contribution in [0.15, 0.2) is 52.2 Å². The van der Waals surface area contributed by atoms with Gasteiger partial charge in [0.1, 0.15) is 0 Å². The number of nitrogens with two attached hydrogens (primary N) is 1. The summed E-state index contributed by atoms with van der Waals surface area (Å²) >= 11 is 0. The predicted octanol–water partition coefficient (Wildman–Crippen LogP) is 1.01. The molecule has 118 valence electrons. The lowest BCUT2D eigenvalue weighted by Crippen LogP contribution is -2.28. The van der Waals surface area contributed by atoms with Crippen LogP contribution in [0, 0.1) is 0 Å². The molecule has 0 unspecified atom stereocenters. The molecule has 0 atom stereocenters. The average Bonchev–Trinajstić information content (AvgIpc) is 2.87. The van der Waals surface area contributed by atoms with Crippen LogP contribution in [0.25, 0.3) is 0 Å². The number of hydrogen-bond acceptors (Lipinski definition) is 5. The number of rotatable bonds is 7. The molecular weight excluding hydrogens is 308 g/mol. The number of sulfonamides is 1. The number of carboxylic acid groups (broad SMARTS) is 1. The third-order valence-electron chi connectivity index (χ3n) is 2.92. The van der Waals surface area contributed by atoms with E-state index in [4.69, 9.17) is 14.7 Å². The Labute approximate surface area is 128 Å². The lowest BCUT2D eigenvalue weighted by molar-refractivity contribution is -0.138. The minimum atomic E-state index is -3.90. The molecule has 0 saturated carbocycles. The maximum atomic E-state index is 11.2. The quantitative estimate of drug-likeness (QED) is 0.786. The second-order valence-electron chi connectivity index (χ2n) is 4.84. The smallest absolute Gasteiger partial charge is 0.317 e. The van der Waals surface area contributed by atoms with E-state index in [-0.39, 0.29) is 18.2 Å². The van der Waals surface area contributed by atoms with Crippen molar-refractivity contribution in [1.82, 2.24) is 4.90 Å². The van der Waals surface area contributed by atoms with Gasteiger partial charge in [0.25, 0.3) is 10.0 Å². The molecule has 0 spiro atoms. The van der Waals surface area contributed by atoms with Gasteiger partial charge in [-0.25, -0.2) is 13.6 Å². The first-order chi connectivity index (χ1) is 10.3. The maximum Gasteiger partial charge on any atom is 0.317 e. The maximum absolute atomic E-state index is 11.2. The molecule has 3 N–H and O–H groups in total. The van der Waals surface area contributed by atoms with Gasteiger partial charge < -0.3 is 9.52 Å². The molecule has 8 heteroatoms. The van der Waals surface area contributed by atoms with Crippen LogP contribution in [-0.4, -0.2) is 30.9 Å². The largest absolute Gasteiger partial charge is 0.480 e. The summed E-state index contributed by atoms with van der Waals surface area (Å²) in [6.07, 6.45) is 1.26. The SMILES string of the molecule is NS(=O)(=O)c1cc(CN(CC(=O)O)Cc2ccccc2)co1. The van der Waals surface area contributed by atoms with Gasteiger partial charge in [-0.1, -0.05) is 30.3 Å². The number of nitrogens with zero attached hydrogens (tertiary/aromatic N) is 1. The number of carbonyl (C=O) groups is 1. The Morgan fingerprint density at radius 2 is 1.82 bits per heavy atom. The molecule has 22 heavy (non-hydrogen) atoms. The standard InChI is InChI=1S/C14H16N2O5S/c15-22(19,20)14-6-12(10-21-14)8-16(9-13(17)18)7-11-4-2-1-3-5-11/h1-6,10H,7-9H2,(H,17,18)(H2,15,19,20). The zero-order valence-corrected chi connectivity index (χ0v) is 12.5. The van der Waals surface area contributed by atoms with Crippen LogP contribution in [0.4, 0.5) is 0 Å². The van der Waals surface area contributed by atoms with Gasteiger partial charge in [-0.15, -0.1) is 0 Å². The molecule has 0 fully saturated rings. The van der Waals surface area contributed by atoms with Gasteiger partial charge in [-0.05, 0) is 5.56 Å². The molecule has 1 aromatic carbocycles. The van der Waals surface area contributed by atoms with Crippen molar-refractivity contribution in [3.8, 4) is 0 Å². The van der Waals surface area contributed by atoms with Crippen molar-refractivity contribution in [1.29, 1.82) is 0 Å². The zero-order valence-electron chi connectivity index (χ0n) is 11.7. The van der Waals surface area contributed by atoms with Crippen molar-refractivity contribution >= 4 is 16.0 Å². The van der Waals surface area contributed by atoms with Gasteiger partial charge in [0.2, 0.25) is 5.09 Å². The lowest BCUT2D eigenvalue weighted by atomic mass is 10.2. The highest BCUT2D eigenvalue weighted by Crippen LogP contribution is 2.15. The van der Waals surface area contributed by atoms with Gasteiger partial charge in [0.05, 0.1) is 12.8 Å². The fourth-order valence-corrected chi connectivity index (χ4v) is 2.54.